The van der Waals surface area contributed by atoms with Crippen molar-refractivity contribution in [2.75, 3.05) is 4.90 Å². The van der Waals surface area contributed by atoms with Crippen molar-refractivity contribution in [3.8, 4) is 0 Å². The van der Waals surface area contributed by atoms with E-state index in [0.717, 1.165) is 24.4 Å². The first-order chi connectivity index (χ1) is 11.7. The van der Waals surface area contributed by atoms with Gasteiger partial charge in [0.15, 0.2) is 5.76 Å². The molecule has 3 heterocycles. The lowest BCUT2D eigenvalue weighted by molar-refractivity contribution is 0.246. The summed E-state index contributed by atoms with van der Waals surface area (Å²) >= 11 is 0. The van der Waals surface area contributed by atoms with E-state index in [1.165, 1.54) is 36.2 Å². The Kier molecular flexibility index (Phi) is 2.88. The molecule has 4 nitrogen and oxygen atoms in total. The van der Waals surface area contributed by atoms with Gasteiger partial charge >= 0.3 is 5.84 Å². The Hall–Kier alpha value is -2.23. The van der Waals surface area contributed by atoms with Crippen LogP contribution in [0.15, 0.2) is 41.1 Å². The van der Waals surface area contributed by atoms with Gasteiger partial charge < -0.3 is 9.32 Å². The van der Waals surface area contributed by atoms with Gasteiger partial charge in [-0.05, 0) is 38.3 Å². The molecule has 0 radical (unpaired) electrons. The number of benzene rings is 1. The van der Waals surface area contributed by atoms with Gasteiger partial charge in [0, 0.05) is 18.1 Å². The summed E-state index contributed by atoms with van der Waals surface area (Å²) in [4.78, 5) is 7.02. The molecule has 0 bridgehead atoms. The molecular weight excluding hydrogens is 298 g/mol. The van der Waals surface area contributed by atoms with Crippen molar-refractivity contribution >= 4 is 11.5 Å². The van der Waals surface area contributed by atoms with Crippen molar-refractivity contribution < 1.29 is 4.42 Å². The lowest BCUT2D eigenvalue weighted by Gasteiger charge is -2.44. The van der Waals surface area contributed by atoms with Crippen LogP contribution in [0.1, 0.15) is 62.1 Å². The average Bonchev–Trinajstić information content (AvgIpc) is 3.23. The largest absolute Gasteiger partial charge is 0.425 e. The van der Waals surface area contributed by atoms with Crippen LogP contribution in [0.25, 0.3) is 5.84 Å². The third-order valence-electron chi connectivity index (χ3n) is 6.01. The molecule has 4 heteroatoms. The number of para-hydroxylation sites is 1. The molecule has 0 amide bonds. The summed E-state index contributed by atoms with van der Waals surface area (Å²) in [6.45, 7) is 4.52. The Bertz CT molecular complexity index is 901. The van der Waals surface area contributed by atoms with E-state index in [0.29, 0.717) is 0 Å². The molecule has 1 aliphatic carbocycles. The molecule has 5 rings (SSSR count). The molecule has 1 spiro atoms. The molecule has 0 saturated heterocycles. The summed E-state index contributed by atoms with van der Waals surface area (Å²) in [6.07, 6.45) is 10.0. The Morgan fingerprint density at radius 3 is 2.75 bits per heavy atom. The van der Waals surface area contributed by atoms with E-state index in [1.54, 1.807) is 0 Å². The van der Waals surface area contributed by atoms with Crippen molar-refractivity contribution in [3.05, 3.63) is 53.7 Å². The lowest BCUT2D eigenvalue weighted by Crippen LogP contribution is -2.44. The van der Waals surface area contributed by atoms with Gasteiger partial charge in [0.25, 0.3) is 0 Å². The van der Waals surface area contributed by atoms with Crippen molar-refractivity contribution in [2.45, 2.75) is 57.5 Å². The number of hydrogen-bond acceptors (Lipinski definition) is 3. The van der Waals surface area contributed by atoms with Gasteiger partial charge in [-0.2, -0.15) is 0 Å². The highest BCUT2D eigenvalue weighted by molar-refractivity contribution is 5.62. The maximum atomic E-state index is 6.32. The van der Waals surface area contributed by atoms with Gasteiger partial charge in [-0.25, -0.2) is 4.98 Å². The topological polar surface area (TPSA) is 33.7 Å². The predicted octanol–water partition coefficient (Wildman–Crippen LogP) is 4.98. The molecule has 24 heavy (non-hydrogen) atoms. The van der Waals surface area contributed by atoms with Crippen LogP contribution in [-0.4, -0.2) is 9.38 Å². The summed E-state index contributed by atoms with van der Waals surface area (Å²) in [7, 11) is 0. The molecular formula is C20H23N3O. The molecule has 3 aromatic rings. The number of aryl methyl sites for hydroxylation is 1. The number of nitrogens with zero attached hydrogens (tertiary/aromatic N) is 3. The highest BCUT2D eigenvalue weighted by atomic mass is 16.4. The Balaban J connectivity index is 1.77. The summed E-state index contributed by atoms with van der Waals surface area (Å²) in [5, 5.41) is 0. The van der Waals surface area contributed by atoms with Crippen molar-refractivity contribution in [1.82, 2.24) is 9.38 Å². The highest BCUT2D eigenvalue weighted by Gasteiger charge is 2.53. The smallest absolute Gasteiger partial charge is 0.306 e. The SMILES string of the molecule is Cc1ccccc1N1[C@@H](C)c2c(oc3nccn23)C12CCCCC2. The van der Waals surface area contributed by atoms with Crippen LogP contribution in [0.4, 0.5) is 5.69 Å². The molecule has 1 aromatic carbocycles. The molecule has 1 saturated carbocycles. The van der Waals surface area contributed by atoms with Crippen LogP contribution in [0.2, 0.25) is 0 Å². The first-order valence-electron chi connectivity index (χ1n) is 9.03. The molecule has 1 fully saturated rings. The van der Waals surface area contributed by atoms with Crippen LogP contribution in [0.5, 0.6) is 0 Å². The van der Waals surface area contributed by atoms with Gasteiger partial charge in [0.2, 0.25) is 0 Å². The zero-order valence-corrected chi connectivity index (χ0v) is 14.3. The average molecular weight is 321 g/mol. The number of oxazole rings is 1. The minimum absolute atomic E-state index is 0.0141. The summed E-state index contributed by atoms with van der Waals surface area (Å²) < 4.78 is 8.46. The fourth-order valence-corrected chi connectivity index (χ4v) is 5.01. The molecule has 1 atom stereocenters. The quantitative estimate of drug-likeness (QED) is 0.634. The maximum Gasteiger partial charge on any atom is 0.306 e. The van der Waals surface area contributed by atoms with E-state index in [9.17, 15) is 0 Å². The van der Waals surface area contributed by atoms with E-state index in [1.807, 2.05) is 12.4 Å². The standard InChI is InChI=1S/C20H23N3O/c1-14-8-4-5-9-16(14)23-15(2)17-18(20(23)10-6-3-7-11-20)24-19-21-12-13-22(17)19/h4-5,8-9,12-13,15H,3,6-7,10-11H2,1-2H3/t15-/m0/s1. The normalized spacial score (nSPS) is 22.4. The number of aromatic nitrogens is 2. The second-order valence-electron chi connectivity index (χ2n) is 7.32. The monoisotopic (exact) mass is 321 g/mol. The number of anilines is 1. The lowest BCUT2D eigenvalue weighted by atomic mass is 9.79. The van der Waals surface area contributed by atoms with Crippen molar-refractivity contribution in [2.24, 2.45) is 0 Å². The van der Waals surface area contributed by atoms with Gasteiger partial charge in [-0.15, -0.1) is 0 Å². The van der Waals surface area contributed by atoms with Crippen LogP contribution in [0.3, 0.4) is 0 Å². The zero-order valence-electron chi connectivity index (χ0n) is 14.3. The van der Waals surface area contributed by atoms with Crippen LogP contribution in [-0.2, 0) is 5.54 Å². The Labute approximate surface area is 142 Å². The number of rotatable bonds is 1. The third-order valence-corrected chi connectivity index (χ3v) is 6.01. The van der Waals surface area contributed by atoms with Crippen molar-refractivity contribution in [3.63, 3.8) is 0 Å². The second kappa shape index (κ2) is 4.88. The molecule has 124 valence electrons. The minimum atomic E-state index is -0.0141. The van der Waals surface area contributed by atoms with E-state index >= 15 is 0 Å². The first-order valence-corrected chi connectivity index (χ1v) is 9.03. The van der Waals surface area contributed by atoms with Crippen LogP contribution < -0.4 is 4.90 Å². The van der Waals surface area contributed by atoms with E-state index in [4.69, 9.17) is 4.42 Å². The predicted molar refractivity (Wildman–Crippen MR) is 94.3 cm³/mol. The summed E-state index contributed by atoms with van der Waals surface area (Å²) in [5.74, 6) is 1.89. The number of imidazole rings is 1. The Morgan fingerprint density at radius 1 is 1.17 bits per heavy atom. The molecule has 2 aliphatic rings. The minimum Gasteiger partial charge on any atom is -0.425 e. The zero-order chi connectivity index (χ0) is 16.3. The Morgan fingerprint density at radius 2 is 1.96 bits per heavy atom. The number of fused-ring (bicyclic) bond motifs is 4. The molecule has 0 N–H and O–H groups in total. The summed E-state index contributed by atoms with van der Waals surface area (Å²) in [6, 6.07) is 9.04. The van der Waals surface area contributed by atoms with E-state index in [-0.39, 0.29) is 11.6 Å². The number of hydrogen-bond donors (Lipinski definition) is 0. The van der Waals surface area contributed by atoms with E-state index in [2.05, 4.69) is 52.4 Å². The van der Waals surface area contributed by atoms with Crippen molar-refractivity contribution in [1.29, 1.82) is 0 Å². The highest BCUT2D eigenvalue weighted by Crippen LogP contribution is 2.56. The molecule has 0 unspecified atom stereocenters. The van der Waals surface area contributed by atoms with Gasteiger partial charge in [-0.3, -0.25) is 4.40 Å². The fraction of sp³-hybridized carbons (Fsp3) is 0.450. The third kappa shape index (κ3) is 1.66. The van der Waals surface area contributed by atoms with Crippen LogP contribution >= 0.6 is 0 Å². The van der Waals surface area contributed by atoms with Gasteiger partial charge in [-0.1, -0.05) is 37.5 Å². The van der Waals surface area contributed by atoms with Crippen LogP contribution in [0, 0.1) is 6.92 Å². The second-order valence-corrected chi connectivity index (χ2v) is 7.32. The first kappa shape index (κ1) is 14.1. The van der Waals surface area contributed by atoms with Gasteiger partial charge in [0.1, 0.15) is 5.54 Å². The van der Waals surface area contributed by atoms with E-state index < -0.39 is 0 Å². The van der Waals surface area contributed by atoms with Gasteiger partial charge in [0.05, 0.1) is 11.7 Å². The molecule has 1 aliphatic heterocycles. The maximum absolute atomic E-state index is 6.32. The molecule has 2 aromatic heterocycles. The summed E-state index contributed by atoms with van der Waals surface area (Å²) in [5.41, 5.74) is 3.94. The fourth-order valence-electron chi connectivity index (χ4n) is 5.01.